The van der Waals surface area contributed by atoms with E-state index in [1.165, 1.54) is 24.3 Å². The van der Waals surface area contributed by atoms with Crippen molar-refractivity contribution in [2.45, 2.75) is 4.90 Å². The molecule has 1 amide bonds. The molecular weight excluding hydrogens is 421 g/mol. The van der Waals surface area contributed by atoms with Gasteiger partial charge < -0.3 is 10.1 Å². The molecule has 7 nitrogen and oxygen atoms in total. The Kier molecular flexibility index (Phi) is 7.20. The van der Waals surface area contributed by atoms with E-state index in [0.717, 1.165) is 19.2 Å². The largest absolute Gasteiger partial charge is 0.379 e. The second kappa shape index (κ2) is 9.64. The molecule has 2 aromatic carbocycles. The molecule has 1 aliphatic rings. The molecule has 3 rings (SSSR count). The number of hydrogen-bond acceptors (Lipinski definition) is 5. The summed E-state index contributed by atoms with van der Waals surface area (Å²) >= 11 is 5.85. The highest BCUT2D eigenvalue weighted by atomic mass is 35.5. The number of halogens is 2. The van der Waals surface area contributed by atoms with Gasteiger partial charge in [-0.1, -0.05) is 17.7 Å². The van der Waals surface area contributed by atoms with Crippen molar-refractivity contribution in [3.05, 3.63) is 58.9 Å². The lowest BCUT2D eigenvalue weighted by Crippen LogP contribution is -2.41. The van der Waals surface area contributed by atoms with E-state index in [1.807, 2.05) is 0 Å². The molecule has 1 saturated heterocycles. The molecule has 0 radical (unpaired) electrons. The van der Waals surface area contributed by atoms with Crippen molar-refractivity contribution in [1.29, 1.82) is 0 Å². The van der Waals surface area contributed by atoms with E-state index >= 15 is 0 Å². The van der Waals surface area contributed by atoms with Crippen molar-refractivity contribution in [3.8, 4) is 0 Å². The summed E-state index contributed by atoms with van der Waals surface area (Å²) < 4.78 is 46.9. The zero-order chi connectivity index (χ0) is 20.9. The van der Waals surface area contributed by atoms with Crippen LogP contribution in [0.3, 0.4) is 0 Å². The van der Waals surface area contributed by atoms with Crippen molar-refractivity contribution >= 4 is 33.2 Å². The molecule has 0 unspecified atom stereocenters. The molecule has 0 bridgehead atoms. The standard InChI is InChI=1S/C19H21ClFN3O4S/c20-15-3-1-2-14(12-15)19(25)23-18-5-4-16(13-17(18)21)29(26,27)22-6-7-24-8-10-28-11-9-24/h1-5,12-13,22H,6-11H2,(H,23,25). The molecule has 2 aromatic rings. The highest BCUT2D eigenvalue weighted by Crippen LogP contribution is 2.20. The summed E-state index contributed by atoms with van der Waals surface area (Å²) in [5.41, 5.74) is 0.139. The molecule has 1 aliphatic heterocycles. The number of nitrogens with zero attached hydrogens (tertiary/aromatic N) is 1. The van der Waals surface area contributed by atoms with Crippen LogP contribution in [0.2, 0.25) is 5.02 Å². The highest BCUT2D eigenvalue weighted by Gasteiger charge is 2.18. The number of sulfonamides is 1. The Bertz CT molecular complexity index is 981. The lowest BCUT2D eigenvalue weighted by molar-refractivity contribution is 0.0390. The van der Waals surface area contributed by atoms with E-state index in [2.05, 4.69) is 14.9 Å². The average Bonchev–Trinajstić information content (AvgIpc) is 2.70. The molecule has 0 spiro atoms. The van der Waals surface area contributed by atoms with Gasteiger partial charge in [0.25, 0.3) is 5.91 Å². The summed E-state index contributed by atoms with van der Waals surface area (Å²) in [6, 6.07) is 9.55. The number of hydrogen-bond donors (Lipinski definition) is 2. The van der Waals surface area contributed by atoms with E-state index in [-0.39, 0.29) is 22.7 Å². The van der Waals surface area contributed by atoms with Gasteiger partial charge in [-0.25, -0.2) is 17.5 Å². The van der Waals surface area contributed by atoms with Crippen molar-refractivity contribution < 1.29 is 22.3 Å². The smallest absolute Gasteiger partial charge is 0.255 e. The first-order valence-corrected chi connectivity index (χ1v) is 10.9. The minimum Gasteiger partial charge on any atom is -0.379 e. The van der Waals surface area contributed by atoms with Gasteiger partial charge in [-0.3, -0.25) is 9.69 Å². The van der Waals surface area contributed by atoms with Crippen LogP contribution in [-0.4, -0.2) is 58.6 Å². The normalized spacial score (nSPS) is 15.2. The fourth-order valence-corrected chi connectivity index (χ4v) is 4.06. The third kappa shape index (κ3) is 5.97. The molecule has 0 aliphatic carbocycles. The second-order valence-corrected chi connectivity index (χ2v) is 8.66. The minimum absolute atomic E-state index is 0.123. The third-order valence-electron chi connectivity index (χ3n) is 4.41. The zero-order valence-electron chi connectivity index (χ0n) is 15.5. The number of carbonyl (C=O) groups is 1. The summed E-state index contributed by atoms with van der Waals surface area (Å²) in [7, 11) is -3.86. The monoisotopic (exact) mass is 441 g/mol. The maximum absolute atomic E-state index is 14.4. The Morgan fingerprint density at radius 2 is 1.93 bits per heavy atom. The molecule has 1 heterocycles. The summed E-state index contributed by atoms with van der Waals surface area (Å²) in [6.45, 7) is 3.49. The lowest BCUT2D eigenvalue weighted by atomic mass is 10.2. The molecule has 1 fully saturated rings. The van der Waals surface area contributed by atoms with Crippen molar-refractivity contribution in [3.63, 3.8) is 0 Å². The molecule has 156 valence electrons. The van der Waals surface area contributed by atoms with Gasteiger partial charge in [0, 0.05) is 36.8 Å². The first kappa shape index (κ1) is 21.7. The number of nitrogens with one attached hydrogen (secondary N) is 2. The molecular formula is C19H21ClFN3O4S. The molecule has 0 atom stereocenters. The van der Waals surface area contributed by atoms with E-state index in [1.54, 1.807) is 12.1 Å². The zero-order valence-corrected chi connectivity index (χ0v) is 17.1. The summed E-state index contributed by atoms with van der Waals surface area (Å²) in [4.78, 5) is 14.1. The fourth-order valence-electron chi connectivity index (χ4n) is 2.83. The minimum atomic E-state index is -3.86. The number of rotatable bonds is 7. The number of anilines is 1. The maximum Gasteiger partial charge on any atom is 0.255 e. The van der Waals surface area contributed by atoms with Crippen LogP contribution in [0.1, 0.15) is 10.4 Å². The Balaban J connectivity index is 1.62. The predicted octanol–water partition coefficient (Wildman–Crippen LogP) is 2.34. The topological polar surface area (TPSA) is 87.7 Å². The predicted molar refractivity (Wildman–Crippen MR) is 108 cm³/mol. The third-order valence-corrected chi connectivity index (χ3v) is 6.10. The summed E-state index contributed by atoms with van der Waals surface area (Å²) in [5.74, 6) is -1.40. The van der Waals surface area contributed by atoms with Gasteiger partial charge in [0.1, 0.15) is 5.82 Å². The molecule has 2 N–H and O–H groups in total. The van der Waals surface area contributed by atoms with Gasteiger partial charge >= 0.3 is 0 Å². The number of morpholine rings is 1. The van der Waals surface area contributed by atoms with Crippen LogP contribution >= 0.6 is 11.6 Å². The fraction of sp³-hybridized carbons (Fsp3) is 0.316. The Labute approximate surface area is 173 Å². The Morgan fingerprint density at radius 3 is 2.62 bits per heavy atom. The van der Waals surface area contributed by atoms with Gasteiger partial charge in [-0.15, -0.1) is 0 Å². The first-order chi connectivity index (χ1) is 13.8. The van der Waals surface area contributed by atoms with Crippen LogP contribution in [0.25, 0.3) is 0 Å². The van der Waals surface area contributed by atoms with Gasteiger partial charge in [0.05, 0.1) is 23.8 Å². The lowest BCUT2D eigenvalue weighted by Gasteiger charge is -2.26. The van der Waals surface area contributed by atoms with Gasteiger partial charge in [0.2, 0.25) is 10.0 Å². The second-order valence-electron chi connectivity index (χ2n) is 6.46. The highest BCUT2D eigenvalue weighted by molar-refractivity contribution is 7.89. The number of carbonyl (C=O) groups excluding carboxylic acids is 1. The quantitative estimate of drug-likeness (QED) is 0.688. The molecule has 29 heavy (non-hydrogen) atoms. The van der Waals surface area contributed by atoms with Crippen molar-refractivity contribution in [2.24, 2.45) is 0 Å². The first-order valence-electron chi connectivity index (χ1n) is 9.01. The van der Waals surface area contributed by atoms with Gasteiger partial charge in [-0.05, 0) is 36.4 Å². The Hall–Kier alpha value is -2.04. The van der Waals surface area contributed by atoms with Crippen molar-refractivity contribution in [2.75, 3.05) is 44.7 Å². The number of amides is 1. The van der Waals surface area contributed by atoms with Crippen LogP contribution in [-0.2, 0) is 14.8 Å². The number of ether oxygens (including phenoxy) is 1. The molecule has 10 heteroatoms. The van der Waals surface area contributed by atoms with E-state index < -0.39 is 21.7 Å². The number of benzene rings is 2. The average molecular weight is 442 g/mol. The van der Waals surface area contributed by atoms with E-state index in [4.69, 9.17) is 16.3 Å². The molecule has 0 aromatic heterocycles. The van der Waals surface area contributed by atoms with E-state index in [9.17, 15) is 17.6 Å². The van der Waals surface area contributed by atoms with E-state index in [0.29, 0.717) is 24.8 Å². The summed E-state index contributed by atoms with van der Waals surface area (Å²) in [6.07, 6.45) is 0. The SMILES string of the molecule is O=C(Nc1ccc(S(=O)(=O)NCCN2CCOCC2)cc1F)c1cccc(Cl)c1. The van der Waals surface area contributed by atoms with Crippen molar-refractivity contribution in [1.82, 2.24) is 9.62 Å². The summed E-state index contributed by atoms with van der Waals surface area (Å²) in [5, 5.41) is 2.79. The molecule has 0 saturated carbocycles. The Morgan fingerprint density at radius 1 is 1.17 bits per heavy atom. The van der Waals surface area contributed by atoms with Crippen LogP contribution < -0.4 is 10.0 Å². The maximum atomic E-state index is 14.4. The van der Waals surface area contributed by atoms with Crippen LogP contribution in [0.15, 0.2) is 47.4 Å². The van der Waals surface area contributed by atoms with Crippen LogP contribution in [0, 0.1) is 5.82 Å². The van der Waals surface area contributed by atoms with Gasteiger partial charge in [-0.2, -0.15) is 0 Å². The van der Waals surface area contributed by atoms with Crippen LogP contribution in [0.5, 0.6) is 0 Å². The van der Waals surface area contributed by atoms with Gasteiger partial charge in [0.15, 0.2) is 0 Å². The van der Waals surface area contributed by atoms with Crippen LogP contribution in [0.4, 0.5) is 10.1 Å².